The van der Waals surface area contributed by atoms with Crippen molar-refractivity contribution < 1.29 is 9.53 Å². The highest BCUT2D eigenvalue weighted by Gasteiger charge is 2.35. The number of benzene rings is 2. The van der Waals surface area contributed by atoms with Crippen molar-refractivity contribution in [3.05, 3.63) is 82.0 Å². The third-order valence-corrected chi connectivity index (χ3v) is 6.01. The molecule has 0 fully saturated rings. The lowest BCUT2D eigenvalue weighted by Crippen LogP contribution is -2.29. The first-order chi connectivity index (χ1) is 14.6. The number of nitrogens with zero attached hydrogens (tertiary/aromatic N) is 3. The minimum Gasteiger partial charge on any atom is -0.463 e. The first-order valence-corrected chi connectivity index (χ1v) is 11.0. The van der Waals surface area contributed by atoms with Crippen LogP contribution in [-0.2, 0) is 15.3 Å². The van der Waals surface area contributed by atoms with Crippen LogP contribution in [0.2, 0.25) is 5.02 Å². The zero-order valence-corrected chi connectivity index (χ0v) is 18.2. The lowest BCUT2D eigenvalue weighted by Gasteiger charge is -2.28. The summed E-state index contributed by atoms with van der Waals surface area (Å²) in [5.74, 6) is 0.884. The fourth-order valence-electron chi connectivity index (χ4n) is 3.37. The second-order valence-corrected chi connectivity index (χ2v) is 8.09. The van der Waals surface area contributed by atoms with Crippen molar-refractivity contribution >= 4 is 35.3 Å². The van der Waals surface area contributed by atoms with Crippen molar-refractivity contribution in [3.8, 4) is 0 Å². The Morgan fingerprint density at radius 2 is 1.93 bits per heavy atom. The molecule has 3 aromatic rings. The van der Waals surface area contributed by atoms with E-state index < -0.39 is 6.04 Å². The number of carbonyl (C=O) groups excluding carboxylic acids is 1. The number of hydrogen-bond donors (Lipinski definition) is 1. The van der Waals surface area contributed by atoms with Gasteiger partial charge in [0.05, 0.1) is 12.2 Å². The van der Waals surface area contributed by atoms with E-state index in [4.69, 9.17) is 21.4 Å². The van der Waals surface area contributed by atoms with E-state index in [-0.39, 0.29) is 5.97 Å². The molecule has 0 saturated carbocycles. The lowest BCUT2D eigenvalue weighted by atomic mass is 9.96. The number of fused-ring (bicyclic) bond motifs is 1. The van der Waals surface area contributed by atoms with Crippen molar-refractivity contribution in [1.82, 2.24) is 14.8 Å². The standard InChI is InChI=1S/C22H21ClN4O2S/c1-3-29-20(28)18-14(2)24-21-25-22(30-13-16-11-7-8-12-17(16)23)26-27(21)19(18)15-9-5-4-6-10-15/h4-12,19H,3,13H2,1-2H3,(H,24,25,26)/t19-/m1/s1. The van der Waals surface area contributed by atoms with Crippen LogP contribution in [0.25, 0.3) is 0 Å². The molecule has 2 heterocycles. The van der Waals surface area contributed by atoms with E-state index in [2.05, 4.69) is 10.3 Å². The number of carbonyl (C=O) groups is 1. The van der Waals surface area contributed by atoms with Gasteiger partial charge in [-0.05, 0) is 31.0 Å². The number of rotatable bonds is 6. The summed E-state index contributed by atoms with van der Waals surface area (Å²) in [6.45, 7) is 3.96. The van der Waals surface area contributed by atoms with E-state index in [0.29, 0.717) is 34.7 Å². The van der Waals surface area contributed by atoms with E-state index in [0.717, 1.165) is 16.1 Å². The van der Waals surface area contributed by atoms with Gasteiger partial charge in [-0.2, -0.15) is 4.98 Å². The minimum absolute atomic E-state index is 0.306. The maximum Gasteiger partial charge on any atom is 0.338 e. The Morgan fingerprint density at radius 1 is 1.20 bits per heavy atom. The topological polar surface area (TPSA) is 69.0 Å². The lowest BCUT2D eigenvalue weighted by molar-refractivity contribution is -0.139. The number of hydrogen-bond acceptors (Lipinski definition) is 6. The highest BCUT2D eigenvalue weighted by molar-refractivity contribution is 7.98. The quantitative estimate of drug-likeness (QED) is 0.426. The van der Waals surface area contributed by atoms with Gasteiger partial charge >= 0.3 is 5.97 Å². The smallest absolute Gasteiger partial charge is 0.338 e. The van der Waals surface area contributed by atoms with Gasteiger partial charge in [0, 0.05) is 16.5 Å². The summed E-state index contributed by atoms with van der Waals surface area (Å²) in [5.41, 5.74) is 3.20. The number of esters is 1. The van der Waals surface area contributed by atoms with Crippen molar-refractivity contribution in [2.75, 3.05) is 11.9 Å². The van der Waals surface area contributed by atoms with E-state index in [1.807, 2.05) is 61.5 Å². The molecule has 6 nitrogen and oxygen atoms in total. The summed E-state index contributed by atoms with van der Waals surface area (Å²) in [6.07, 6.45) is 0. The summed E-state index contributed by atoms with van der Waals surface area (Å²) >= 11 is 7.77. The van der Waals surface area contributed by atoms with Gasteiger partial charge < -0.3 is 10.1 Å². The van der Waals surface area contributed by atoms with Gasteiger partial charge in [0.1, 0.15) is 6.04 Å². The molecule has 0 bridgehead atoms. The second-order valence-electron chi connectivity index (χ2n) is 6.74. The summed E-state index contributed by atoms with van der Waals surface area (Å²) < 4.78 is 7.08. The second kappa shape index (κ2) is 8.93. The highest BCUT2D eigenvalue weighted by atomic mass is 35.5. The summed E-state index contributed by atoms with van der Waals surface area (Å²) in [5, 5.41) is 9.24. The Balaban J connectivity index is 1.68. The van der Waals surface area contributed by atoms with Gasteiger partial charge in [0.25, 0.3) is 0 Å². The summed E-state index contributed by atoms with van der Waals surface area (Å²) in [7, 11) is 0. The van der Waals surface area contributed by atoms with Crippen LogP contribution in [-0.4, -0.2) is 27.3 Å². The molecule has 0 aliphatic carbocycles. The van der Waals surface area contributed by atoms with E-state index in [9.17, 15) is 4.79 Å². The van der Waals surface area contributed by atoms with Gasteiger partial charge in [-0.3, -0.25) is 0 Å². The number of anilines is 1. The van der Waals surface area contributed by atoms with E-state index in [1.54, 1.807) is 11.6 Å². The number of ether oxygens (including phenoxy) is 1. The van der Waals surface area contributed by atoms with Crippen LogP contribution in [0.3, 0.4) is 0 Å². The molecule has 1 aliphatic heterocycles. The Hall–Kier alpha value is -2.77. The fourth-order valence-corrected chi connectivity index (χ4v) is 4.48. The number of allylic oxidation sites excluding steroid dienone is 1. The van der Waals surface area contributed by atoms with Crippen LogP contribution in [0, 0.1) is 0 Å². The summed E-state index contributed by atoms with van der Waals surface area (Å²) in [4.78, 5) is 17.4. The number of thioether (sulfide) groups is 1. The Bertz CT molecular complexity index is 1100. The number of nitrogens with one attached hydrogen (secondary N) is 1. The Kier molecular flexibility index (Phi) is 6.11. The van der Waals surface area contributed by atoms with Gasteiger partial charge in [-0.15, -0.1) is 5.10 Å². The molecule has 154 valence electrons. The molecule has 30 heavy (non-hydrogen) atoms. The molecule has 0 radical (unpaired) electrons. The van der Waals surface area contributed by atoms with Gasteiger partial charge in [0.15, 0.2) is 0 Å². The molecule has 0 amide bonds. The average Bonchev–Trinajstić information content (AvgIpc) is 3.15. The molecular weight excluding hydrogens is 420 g/mol. The largest absolute Gasteiger partial charge is 0.463 e. The van der Waals surface area contributed by atoms with Crippen molar-refractivity contribution in [1.29, 1.82) is 0 Å². The molecule has 0 unspecified atom stereocenters. The number of halogens is 1. The third kappa shape index (κ3) is 4.08. The maximum absolute atomic E-state index is 12.8. The first kappa shape index (κ1) is 20.5. The van der Waals surface area contributed by atoms with Crippen molar-refractivity contribution in [3.63, 3.8) is 0 Å². The molecule has 1 N–H and O–H groups in total. The minimum atomic E-state index is -0.413. The molecule has 1 aromatic heterocycles. The molecular formula is C22H21ClN4O2S. The van der Waals surface area contributed by atoms with E-state index in [1.165, 1.54) is 11.8 Å². The molecule has 0 saturated heterocycles. The van der Waals surface area contributed by atoms with Crippen LogP contribution >= 0.6 is 23.4 Å². The van der Waals surface area contributed by atoms with Crippen LogP contribution in [0.5, 0.6) is 0 Å². The zero-order valence-electron chi connectivity index (χ0n) is 16.6. The Labute approximate surface area is 184 Å². The molecule has 2 aromatic carbocycles. The first-order valence-electron chi connectivity index (χ1n) is 9.61. The third-order valence-electron chi connectivity index (χ3n) is 4.76. The summed E-state index contributed by atoms with van der Waals surface area (Å²) in [6, 6.07) is 17.1. The highest BCUT2D eigenvalue weighted by Crippen LogP contribution is 2.37. The average molecular weight is 441 g/mol. The van der Waals surface area contributed by atoms with Crippen LogP contribution in [0.1, 0.15) is 31.0 Å². The predicted octanol–water partition coefficient (Wildman–Crippen LogP) is 5.08. The molecule has 0 spiro atoms. The van der Waals surface area contributed by atoms with Crippen molar-refractivity contribution in [2.45, 2.75) is 30.8 Å². The molecule has 4 rings (SSSR count). The SMILES string of the molecule is CCOC(=O)C1=C(C)Nc2nc(SCc3ccccc3Cl)nn2[C@@H]1c1ccccc1. The van der Waals surface area contributed by atoms with Gasteiger partial charge in [-0.25, -0.2) is 9.48 Å². The maximum atomic E-state index is 12.8. The predicted molar refractivity (Wildman–Crippen MR) is 119 cm³/mol. The monoisotopic (exact) mass is 440 g/mol. The number of aromatic nitrogens is 3. The van der Waals surface area contributed by atoms with Gasteiger partial charge in [-0.1, -0.05) is 71.9 Å². The normalized spacial score (nSPS) is 15.5. The van der Waals surface area contributed by atoms with Crippen LogP contribution < -0.4 is 5.32 Å². The van der Waals surface area contributed by atoms with E-state index >= 15 is 0 Å². The van der Waals surface area contributed by atoms with Gasteiger partial charge in [0.2, 0.25) is 11.1 Å². The molecule has 1 aliphatic rings. The van der Waals surface area contributed by atoms with Crippen LogP contribution in [0.4, 0.5) is 5.95 Å². The molecule has 8 heteroatoms. The Morgan fingerprint density at radius 3 is 2.67 bits per heavy atom. The fraction of sp³-hybridized carbons (Fsp3) is 0.227. The van der Waals surface area contributed by atoms with Crippen LogP contribution in [0.15, 0.2) is 71.0 Å². The zero-order chi connectivity index (χ0) is 21.1. The van der Waals surface area contributed by atoms with Crippen molar-refractivity contribution in [2.24, 2.45) is 0 Å². The molecule has 1 atom stereocenters.